The molecule has 0 amide bonds. The molecule has 3 rings (SSSR count). The summed E-state index contributed by atoms with van der Waals surface area (Å²) in [6.45, 7) is 3.40. The molecule has 1 fully saturated rings. The summed E-state index contributed by atoms with van der Waals surface area (Å²) in [5, 5.41) is 6.11. The minimum Gasteiger partial charge on any atom is -0.326 e. The van der Waals surface area contributed by atoms with Crippen LogP contribution in [0.2, 0.25) is 0 Å². The minimum absolute atomic E-state index is 0.0722. The molecule has 1 aliphatic heterocycles. The fourth-order valence-electron chi connectivity index (χ4n) is 3.37. The third-order valence-electron chi connectivity index (χ3n) is 4.78. The number of nitrogens with two attached hydrogens (primary N) is 1. The number of hydrogen-bond donors (Lipinski definition) is 2. The fraction of sp³-hybridized carbons (Fsp3) is 0.529. The predicted molar refractivity (Wildman–Crippen MR) is 98.7 cm³/mol. The van der Waals surface area contributed by atoms with Gasteiger partial charge >= 0.3 is 0 Å². The van der Waals surface area contributed by atoms with Crippen LogP contribution in [0.15, 0.2) is 39.3 Å². The standard InChI is InChI=1S/C17H25N5O2S/c1-2-19-16(22-13-17(12-20-22)9-3-4-10-17)21-25(23,24)15-7-5-14(11-18)6-8-15/h5-8,12H,2-4,9-11,13,18H2,1H3,(H,19,21). The normalized spacial score (nSPS) is 19.8. The molecule has 136 valence electrons. The van der Waals surface area contributed by atoms with Crippen LogP contribution in [0.3, 0.4) is 0 Å². The van der Waals surface area contributed by atoms with Gasteiger partial charge in [0.1, 0.15) is 0 Å². The van der Waals surface area contributed by atoms with Crippen LogP contribution >= 0.6 is 0 Å². The molecule has 0 unspecified atom stereocenters. The third-order valence-corrected chi connectivity index (χ3v) is 6.13. The number of nitrogens with zero attached hydrogens (tertiary/aromatic N) is 3. The Morgan fingerprint density at radius 2 is 2.00 bits per heavy atom. The topological polar surface area (TPSA) is 100 Å². The number of aliphatic imine (C=N–C) groups is 1. The highest BCUT2D eigenvalue weighted by Crippen LogP contribution is 2.40. The van der Waals surface area contributed by atoms with Crippen molar-refractivity contribution in [3.63, 3.8) is 0 Å². The van der Waals surface area contributed by atoms with E-state index < -0.39 is 10.0 Å². The maximum absolute atomic E-state index is 12.7. The lowest BCUT2D eigenvalue weighted by molar-refractivity contribution is 0.342. The molecule has 2 aliphatic rings. The number of hydrazone groups is 1. The van der Waals surface area contributed by atoms with E-state index in [1.165, 1.54) is 12.8 Å². The van der Waals surface area contributed by atoms with E-state index in [9.17, 15) is 8.42 Å². The average Bonchev–Trinajstić information content (AvgIpc) is 3.25. The van der Waals surface area contributed by atoms with Gasteiger partial charge in [0.05, 0.1) is 11.4 Å². The number of benzene rings is 1. The molecule has 0 radical (unpaired) electrons. The Hall–Kier alpha value is -1.93. The van der Waals surface area contributed by atoms with Crippen molar-refractivity contribution in [3.8, 4) is 0 Å². The maximum Gasteiger partial charge on any atom is 0.264 e. The SMILES string of the molecule is CCN=C(NS(=O)(=O)c1ccc(CN)cc1)N1CC2(C=N1)CCCC2. The number of nitrogens with one attached hydrogen (secondary N) is 1. The molecule has 1 spiro atoms. The van der Waals surface area contributed by atoms with Crippen molar-refractivity contribution in [3.05, 3.63) is 29.8 Å². The number of hydrogen-bond acceptors (Lipinski definition) is 5. The Labute approximate surface area is 149 Å². The van der Waals surface area contributed by atoms with E-state index in [4.69, 9.17) is 5.73 Å². The molecule has 25 heavy (non-hydrogen) atoms. The van der Waals surface area contributed by atoms with Crippen LogP contribution in [0.25, 0.3) is 0 Å². The first-order valence-electron chi connectivity index (χ1n) is 8.67. The minimum atomic E-state index is -3.72. The summed E-state index contributed by atoms with van der Waals surface area (Å²) >= 11 is 0. The molecular weight excluding hydrogens is 338 g/mol. The van der Waals surface area contributed by atoms with E-state index in [0.29, 0.717) is 19.6 Å². The number of rotatable bonds is 4. The third kappa shape index (κ3) is 3.85. The zero-order valence-corrected chi connectivity index (χ0v) is 15.3. The van der Waals surface area contributed by atoms with E-state index in [-0.39, 0.29) is 16.3 Å². The van der Waals surface area contributed by atoms with E-state index in [1.54, 1.807) is 29.3 Å². The lowest BCUT2D eigenvalue weighted by Gasteiger charge is -2.23. The van der Waals surface area contributed by atoms with Gasteiger partial charge in [-0.2, -0.15) is 5.10 Å². The highest BCUT2D eigenvalue weighted by atomic mass is 32.2. The average molecular weight is 363 g/mol. The van der Waals surface area contributed by atoms with Gasteiger partial charge in [0.25, 0.3) is 10.0 Å². The molecule has 3 N–H and O–H groups in total. The van der Waals surface area contributed by atoms with Gasteiger partial charge in [0.15, 0.2) is 0 Å². The van der Waals surface area contributed by atoms with Crippen molar-refractivity contribution in [2.75, 3.05) is 13.1 Å². The van der Waals surface area contributed by atoms with Crippen LogP contribution in [0, 0.1) is 5.41 Å². The first kappa shape index (κ1) is 17.9. The Balaban J connectivity index is 1.77. The van der Waals surface area contributed by atoms with Gasteiger partial charge in [0.2, 0.25) is 5.96 Å². The second kappa shape index (κ2) is 7.13. The number of guanidine groups is 1. The Morgan fingerprint density at radius 3 is 2.60 bits per heavy atom. The smallest absolute Gasteiger partial charge is 0.264 e. The maximum atomic E-state index is 12.7. The molecule has 0 atom stereocenters. The summed E-state index contributed by atoms with van der Waals surface area (Å²) in [7, 11) is -3.72. The van der Waals surface area contributed by atoms with Gasteiger partial charge in [-0.1, -0.05) is 25.0 Å². The van der Waals surface area contributed by atoms with E-state index in [2.05, 4.69) is 14.8 Å². The van der Waals surface area contributed by atoms with Gasteiger partial charge < -0.3 is 5.73 Å². The zero-order chi connectivity index (χ0) is 17.9. The summed E-state index contributed by atoms with van der Waals surface area (Å²) in [4.78, 5) is 4.51. The van der Waals surface area contributed by atoms with Gasteiger partial charge in [-0.15, -0.1) is 0 Å². The second-order valence-corrected chi connectivity index (χ2v) is 8.31. The molecule has 1 heterocycles. The van der Waals surface area contributed by atoms with Crippen LogP contribution in [0.5, 0.6) is 0 Å². The van der Waals surface area contributed by atoms with Crippen molar-refractivity contribution in [1.29, 1.82) is 0 Å². The van der Waals surface area contributed by atoms with Gasteiger partial charge in [-0.25, -0.2) is 18.1 Å². The van der Waals surface area contributed by atoms with Gasteiger partial charge in [0, 0.05) is 24.7 Å². The predicted octanol–water partition coefficient (Wildman–Crippen LogP) is 1.66. The molecule has 1 saturated carbocycles. The Morgan fingerprint density at radius 1 is 1.32 bits per heavy atom. The van der Waals surface area contributed by atoms with Crippen molar-refractivity contribution in [1.82, 2.24) is 9.73 Å². The summed E-state index contributed by atoms with van der Waals surface area (Å²) in [6, 6.07) is 6.54. The van der Waals surface area contributed by atoms with Crippen molar-refractivity contribution in [2.45, 2.75) is 44.0 Å². The molecule has 1 aromatic carbocycles. The molecular formula is C17H25N5O2S. The van der Waals surface area contributed by atoms with E-state index >= 15 is 0 Å². The van der Waals surface area contributed by atoms with Crippen LogP contribution in [-0.4, -0.2) is 38.7 Å². The summed E-state index contributed by atoms with van der Waals surface area (Å²) in [5.74, 6) is 0.283. The van der Waals surface area contributed by atoms with Crippen LogP contribution in [-0.2, 0) is 16.6 Å². The van der Waals surface area contributed by atoms with Crippen LogP contribution < -0.4 is 10.5 Å². The summed E-state index contributed by atoms with van der Waals surface area (Å²) < 4.78 is 28.0. The largest absolute Gasteiger partial charge is 0.326 e. The molecule has 0 saturated heterocycles. The van der Waals surface area contributed by atoms with E-state index in [0.717, 1.165) is 18.4 Å². The van der Waals surface area contributed by atoms with Crippen molar-refractivity contribution in [2.24, 2.45) is 21.2 Å². The first-order chi connectivity index (χ1) is 12.0. The second-order valence-electron chi connectivity index (χ2n) is 6.62. The lowest BCUT2D eigenvalue weighted by Crippen LogP contribution is -2.42. The summed E-state index contributed by atoms with van der Waals surface area (Å²) in [6.07, 6.45) is 6.55. The monoisotopic (exact) mass is 363 g/mol. The van der Waals surface area contributed by atoms with Gasteiger partial charge in [-0.05, 0) is 37.5 Å². The van der Waals surface area contributed by atoms with Gasteiger partial charge in [-0.3, -0.25) is 4.99 Å². The molecule has 8 heteroatoms. The highest BCUT2D eigenvalue weighted by molar-refractivity contribution is 7.90. The molecule has 0 aromatic heterocycles. The highest BCUT2D eigenvalue weighted by Gasteiger charge is 2.39. The molecule has 1 aromatic rings. The lowest BCUT2D eigenvalue weighted by atomic mass is 9.88. The Kier molecular flexibility index (Phi) is 5.10. The zero-order valence-electron chi connectivity index (χ0n) is 14.5. The van der Waals surface area contributed by atoms with Crippen molar-refractivity contribution >= 4 is 22.2 Å². The molecule has 0 bridgehead atoms. The van der Waals surface area contributed by atoms with E-state index in [1.807, 2.05) is 13.1 Å². The number of sulfonamides is 1. The first-order valence-corrected chi connectivity index (χ1v) is 10.2. The summed E-state index contributed by atoms with van der Waals surface area (Å²) in [5.41, 5.74) is 6.52. The fourth-order valence-corrected chi connectivity index (χ4v) is 4.39. The molecule has 1 aliphatic carbocycles. The molecule has 7 nitrogen and oxygen atoms in total. The van der Waals surface area contributed by atoms with Crippen LogP contribution in [0.1, 0.15) is 38.2 Å². The van der Waals surface area contributed by atoms with Crippen molar-refractivity contribution < 1.29 is 8.42 Å². The Bertz CT molecular complexity index is 765. The quantitative estimate of drug-likeness (QED) is 0.627. The van der Waals surface area contributed by atoms with Crippen LogP contribution in [0.4, 0.5) is 0 Å².